The standard InChI is InChI=1S/2C18H35NO2/c2*1-17(20)13-9-5-3-7-11-15-19-16-12-8-4-6-10-14-18(2)21/h2*19H,3-16H2,1-2H3. The van der Waals surface area contributed by atoms with Crippen molar-refractivity contribution in [3.63, 3.8) is 0 Å². The summed E-state index contributed by atoms with van der Waals surface area (Å²) in [5, 5.41) is 6.99. The molecule has 42 heavy (non-hydrogen) atoms. The molecule has 0 bridgehead atoms. The van der Waals surface area contributed by atoms with Gasteiger partial charge in [-0.05, 0) is 105 Å². The normalized spacial score (nSPS) is 10.8. The minimum atomic E-state index is 0.318. The summed E-state index contributed by atoms with van der Waals surface area (Å²) in [7, 11) is 0. The number of hydrogen-bond acceptors (Lipinski definition) is 6. The first-order chi connectivity index (χ1) is 20.3. The molecule has 0 aromatic rings. The van der Waals surface area contributed by atoms with Gasteiger partial charge in [0.2, 0.25) is 0 Å². The molecule has 6 nitrogen and oxygen atoms in total. The van der Waals surface area contributed by atoms with E-state index in [1.807, 2.05) is 0 Å². The van der Waals surface area contributed by atoms with E-state index >= 15 is 0 Å². The monoisotopic (exact) mass is 595 g/mol. The molecule has 6 heteroatoms. The van der Waals surface area contributed by atoms with Gasteiger partial charge in [0.05, 0.1) is 0 Å². The maximum atomic E-state index is 10.8. The molecular formula is C36H70N2O4. The third-order valence-corrected chi connectivity index (χ3v) is 7.53. The second kappa shape index (κ2) is 35.8. The molecule has 0 atom stereocenters. The van der Waals surface area contributed by atoms with Crippen LogP contribution in [-0.4, -0.2) is 49.3 Å². The van der Waals surface area contributed by atoms with Crippen LogP contribution in [0.4, 0.5) is 0 Å². The molecule has 0 aromatic carbocycles. The Morgan fingerprint density at radius 2 is 0.452 bits per heavy atom. The van der Waals surface area contributed by atoms with Gasteiger partial charge in [0.25, 0.3) is 0 Å². The molecule has 0 aromatic heterocycles. The van der Waals surface area contributed by atoms with Crippen molar-refractivity contribution in [2.75, 3.05) is 26.2 Å². The summed E-state index contributed by atoms with van der Waals surface area (Å²) >= 11 is 0. The molecule has 248 valence electrons. The number of unbranched alkanes of at least 4 members (excludes halogenated alkanes) is 16. The molecule has 0 aliphatic heterocycles. The molecule has 0 radical (unpaired) electrons. The highest BCUT2D eigenvalue weighted by Crippen LogP contribution is 2.08. The Kier molecular flexibility index (Phi) is 36.4. The van der Waals surface area contributed by atoms with Gasteiger partial charge < -0.3 is 29.8 Å². The summed E-state index contributed by atoms with van der Waals surface area (Å²) in [6, 6.07) is 0. The number of rotatable bonds is 32. The lowest BCUT2D eigenvalue weighted by Crippen LogP contribution is -2.16. The summed E-state index contributed by atoms with van der Waals surface area (Å²) < 4.78 is 0. The lowest BCUT2D eigenvalue weighted by atomic mass is 10.1. The van der Waals surface area contributed by atoms with Gasteiger partial charge in [-0.25, -0.2) is 0 Å². The first kappa shape index (κ1) is 42.7. The molecule has 0 saturated carbocycles. The number of carbonyl (C=O) groups is 4. The van der Waals surface area contributed by atoms with Crippen LogP contribution in [0.3, 0.4) is 0 Å². The van der Waals surface area contributed by atoms with Crippen LogP contribution in [-0.2, 0) is 19.2 Å². The van der Waals surface area contributed by atoms with E-state index in [1.165, 1.54) is 103 Å². The molecule has 0 aliphatic rings. The minimum Gasteiger partial charge on any atom is -0.317 e. The van der Waals surface area contributed by atoms with Crippen molar-refractivity contribution in [1.29, 1.82) is 0 Å². The van der Waals surface area contributed by atoms with Gasteiger partial charge in [0, 0.05) is 25.7 Å². The Morgan fingerprint density at radius 1 is 0.286 bits per heavy atom. The third-order valence-electron chi connectivity index (χ3n) is 7.53. The van der Waals surface area contributed by atoms with E-state index in [9.17, 15) is 19.2 Å². The second-order valence-corrected chi connectivity index (χ2v) is 12.4. The van der Waals surface area contributed by atoms with E-state index in [0.29, 0.717) is 23.1 Å². The Hall–Kier alpha value is -1.40. The van der Waals surface area contributed by atoms with Crippen LogP contribution in [0.2, 0.25) is 0 Å². The summed E-state index contributed by atoms with van der Waals surface area (Å²) in [6.45, 7) is 11.2. The first-order valence-corrected chi connectivity index (χ1v) is 17.6. The van der Waals surface area contributed by atoms with Crippen molar-refractivity contribution in [3.05, 3.63) is 0 Å². The fourth-order valence-electron chi connectivity index (χ4n) is 4.87. The predicted octanol–water partition coefficient (Wildman–Crippen LogP) is 8.87. The van der Waals surface area contributed by atoms with E-state index in [-0.39, 0.29) is 0 Å². The Morgan fingerprint density at radius 3 is 0.643 bits per heavy atom. The molecule has 2 N–H and O–H groups in total. The van der Waals surface area contributed by atoms with Crippen molar-refractivity contribution >= 4 is 23.1 Å². The molecular weight excluding hydrogens is 524 g/mol. The Balaban J connectivity index is 0. The summed E-state index contributed by atoms with van der Waals surface area (Å²) in [5.41, 5.74) is 0. The zero-order valence-electron chi connectivity index (χ0n) is 28.4. The molecule has 0 rings (SSSR count). The van der Waals surface area contributed by atoms with E-state index in [4.69, 9.17) is 0 Å². The zero-order chi connectivity index (χ0) is 31.5. The Bertz CT molecular complexity index is 530. The second-order valence-electron chi connectivity index (χ2n) is 12.4. The molecule has 0 spiro atoms. The van der Waals surface area contributed by atoms with E-state index in [1.54, 1.807) is 27.7 Å². The predicted molar refractivity (Wildman–Crippen MR) is 179 cm³/mol. The topological polar surface area (TPSA) is 92.3 Å². The molecule has 0 fully saturated rings. The average molecular weight is 595 g/mol. The van der Waals surface area contributed by atoms with Gasteiger partial charge in [-0.1, -0.05) is 77.0 Å². The van der Waals surface area contributed by atoms with Crippen molar-refractivity contribution in [2.24, 2.45) is 0 Å². The lowest BCUT2D eigenvalue weighted by molar-refractivity contribution is -0.117. The maximum Gasteiger partial charge on any atom is 0.129 e. The van der Waals surface area contributed by atoms with Crippen molar-refractivity contribution in [1.82, 2.24) is 10.6 Å². The average Bonchev–Trinajstić information content (AvgIpc) is 2.92. The molecule has 0 heterocycles. The largest absolute Gasteiger partial charge is 0.317 e. The highest BCUT2D eigenvalue weighted by atomic mass is 16.1. The fourth-order valence-corrected chi connectivity index (χ4v) is 4.87. The highest BCUT2D eigenvalue weighted by Gasteiger charge is 1.98. The van der Waals surface area contributed by atoms with Gasteiger partial charge >= 0.3 is 0 Å². The number of hydrogen-bond donors (Lipinski definition) is 2. The van der Waals surface area contributed by atoms with E-state index in [2.05, 4.69) is 10.6 Å². The third kappa shape index (κ3) is 45.6. The number of nitrogens with one attached hydrogen (secondary N) is 2. The van der Waals surface area contributed by atoms with Crippen LogP contribution in [0.25, 0.3) is 0 Å². The van der Waals surface area contributed by atoms with Crippen molar-refractivity contribution in [3.8, 4) is 0 Å². The van der Waals surface area contributed by atoms with Gasteiger partial charge in [-0.2, -0.15) is 0 Å². The van der Waals surface area contributed by atoms with Crippen LogP contribution in [0.5, 0.6) is 0 Å². The maximum absolute atomic E-state index is 10.8. The Labute approximate surface area is 260 Å². The fraction of sp³-hybridized carbons (Fsp3) is 0.889. The van der Waals surface area contributed by atoms with Gasteiger partial charge in [0.15, 0.2) is 0 Å². The highest BCUT2D eigenvalue weighted by molar-refractivity contribution is 5.76. The lowest BCUT2D eigenvalue weighted by Gasteiger charge is -2.05. The van der Waals surface area contributed by atoms with Crippen molar-refractivity contribution in [2.45, 2.75) is 182 Å². The summed E-state index contributed by atoms with van der Waals surface area (Å²) in [6.07, 6.45) is 27.2. The zero-order valence-corrected chi connectivity index (χ0v) is 28.4. The van der Waals surface area contributed by atoms with Crippen LogP contribution in [0.15, 0.2) is 0 Å². The number of carbonyl (C=O) groups excluding carboxylic acids is 4. The quantitative estimate of drug-likeness (QED) is 0.0756. The molecule has 0 saturated heterocycles. The van der Waals surface area contributed by atoms with Gasteiger partial charge in [0.1, 0.15) is 23.1 Å². The van der Waals surface area contributed by atoms with Crippen LogP contribution in [0, 0.1) is 0 Å². The number of ketones is 4. The van der Waals surface area contributed by atoms with Gasteiger partial charge in [-0.3, -0.25) is 0 Å². The molecule has 0 unspecified atom stereocenters. The van der Waals surface area contributed by atoms with Gasteiger partial charge in [-0.15, -0.1) is 0 Å². The molecule has 0 aliphatic carbocycles. The first-order valence-electron chi connectivity index (χ1n) is 17.6. The smallest absolute Gasteiger partial charge is 0.129 e. The SMILES string of the molecule is CC(=O)CCCCCCCNCCCCCCCC(C)=O.CC(=O)CCCCCCCNCCCCCCCC(C)=O. The van der Waals surface area contributed by atoms with Crippen LogP contribution < -0.4 is 10.6 Å². The summed E-state index contributed by atoms with van der Waals surface area (Å²) in [5.74, 6) is 1.27. The van der Waals surface area contributed by atoms with Crippen LogP contribution in [0.1, 0.15) is 182 Å². The van der Waals surface area contributed by atoms with E-state index in [0.717, 1.165) is 77.5 Å². The number of Topliss-reactive ketones (excluding diaryl/α,β-unsaturated/α-hetero) is 4. The molecule has 0 amide bonds. The van der Waals surface area contributed by atoms with Crippen molar-refractivity contribution < 1.29 is 19.2 Å². The summed E-state index contributed by atoms with van der Waals surface area (Å²) in [4.78, 5) is 43.1. The van der Waals surface area contributed by atoms with Crippen LogP contribution >= 0.6 is 0 Å². The van der Waals surface area contributed by atoms with E-state index < -0.39 is 0 Å². The minimum absolute atomic E-state index is 0.318.